The number of unbranched alkanes of at least 4 members (excludes halogenated alkanes) is 20. The highest BCUT2D eigenvalue weighted by Crippen LogP contribution is 2.23. The fourth-order valence-electron chi connectivity index (χ4n) is 6.73. The summed E-state index contributed by atoms with van der Waals surface area (Å²) in [5.74, 6) is -0.813. The zero-order chi connectivity index (χ0) is 40.9. The van der Waals surface area contributed by atoms with Crippen molar-refractivity contribution in [3.8, 4) is 0 Å². The summed E-state index contributed by atoms with van der Waals surface area (Å²) in [6.45, 7) is 3.31. The van der Waals surface area contributed by atoms with Gasteiger partial charge in [-0.15, -0.1) is 0 Å². The molecule has 0 bridgehead atoms. The van der Waals surface area contributed by atoms with Crippen molar-refractivity contribution >= 4 is 11.9 Å². The van der Waals surface area contributed by atoms with E-state index in [0.29, 0.717) is 6.42 Å². The van der Waals surface area contributed by atoms with Crippen molar-refractivity contribution in [3.63, 3.8) is 0 Å². The van der Waals surface area contributed by atoms with Gasteiger partial charge in [0.15, 0.2) is 12.4 Å². The molecule has 0 aromatic carbocycles. The molecule has 1 aliphatic heterocycles. The molecule has 0 radical (unpaired) electrons. The summed E-state index contributed by atoms with van der Waals surface area (Å²) in [5.41, 5.74) is 0. The average Bonchev–Trinajstić information content (AvgIpc) is 3.19. The first-order valence-electron chi connectivity index (χ1n) is 22.6. The van der Waals surface area contributed by atoms with E-state index < -0.39 is 49.4 Å². The summed E-state index contributed by atoms with van der Waals surface area (Å²) in [5, 5.41) is 40.1. The number of esters is 2. The minimum atomic E-state index is -1.60. The van der Waals surface area contributed by atoms with Crippen LogP contribution in [0.3, 0.4) is 0 Å². The van der Waals surface area contributed by atoms with Gasteiger partial charge in [-0.25, -0.2) is 0 Å². The second-order valence-electron chi connectivity index (χ2n) is 15.5. The third-order valence-electron chi connectivity index (χ3n) is 10.3. The maximum atomic E-state index is 12.8. The molecule has 10 nitrogen and oxygen atoms in total. The summed E-state index contributed by atoms with van der Waals surface area (Å²) < 4.78 is 22.2. The maximum Gasteiger partial charge on any atom is 0.306 e. The SMILES string of the molecule is CC/C=C\C/C=C\C/C=C\CCCCCCCCCC(=O)OC(COC(=O)CCCCCCCCCCCCCCCC)COC1OC(CO)C(O)C(O)C1O. The van der Waals surface area contributed by atoms with Crippen LogP contribution in [-0.2, 0) is 28.5 Å². The Morgan fingerprint density at radius 1 is 0.571 bits per heavy atom. The van der Waals surface area contributed by atoms with Crippen LogP contribution in [0.1, 0.15) is 187 Å². The first kappa shape index (κ1) is 51.9. The highest BCUT2D eigenvalue weighted by Gasteiger charge is 2.44. The molecule has 0 saturated carbocycles. The second-order valence-corrected chi connectivity index (χ2v) is 15.5. The molecule has 326 valence electrons. The van der Waals surface area contributed by atoms with Crippen molar-refractivity contribution in [2.24, 2.45) is 0 Å². The van der Waals surface area contributed by atoms with Gasteiger partial charge >= 0.3 is 11.9 Å². The van der Waals surface area contributed by atoms with Gasteiger partial charge in [0.25, 0.3) is 0 Å². The lowest BCUT2D eigenvalue weighted by molar-refractivity contribution is -0.305. The van der Waals surface area contributed by atoms with Crippen LogP contribution in [0.25, 0.3) is 0 Å². The fraction of sp³-hybridized carbons (Fsp3) is 0.826. The molecular formula is C46H82O10. The lowest BCUT2D eigenvalue weighted by Gasteiger charge is -2.39. The molecule has 0 aromatic rings. The van der Waals surface area contributed by atoms with Crippen molar-refractivity contribution in [1.82, 2.24) is 0 Å². The Kier molecular flexibility index (Phi) is 34.5. The summed E-state index contributed by atoms with van der Waals surface area (Å²) in [7, 11) is 0. The minimum Gasteiger partial charge on any atom is -0.462 e. The Hall–Kier alpha value is -2.08. The number of allylic oxidation sites excluding steroid dienone is 6. The maximum absolute atomic E-state index is 12.8. The Balaban J connectivity index is 2.33. The van der Waals surface area contributed by atoms with Crippen LogP contribution in [0.2, 0.25) is 0 Å². The zero-order valence-corrected chi connectivity index (χ0v) is 35.4. The molecule has 6 unspecified atom stereocenters. The van der Waals surface area contributed by atoms with Crippen LogP contribution in [0, 0.1) is 0 Å². The van der Waals surface area contributed by atoms with E-state index in [0.717, 1.165) is 64.2 Å². The lowest BCUT2D eigenvalue weighted by atomic mass is 9.99. The Bertz CT molecular complexity index is 1010. The second kappa shape index (κ2) is 37.2. The highest BCUT2D eigenvalue weighted by molar-refractivity contribution is 5.70. The molecule has 1 rings (SSSR count). The van der Waals surface area contributed by atoms with E-state index >= 15 is 0 Å². The number of rotatable bonds is 37. The summed E-state index contributed by atoms with van der Waals surface area (Å²) in [6.07, 6.45) is 34.3. The van der Waals surface area contributed by atoms with E-state index in [9.17, 15) is 30.0 Å². The van der Waals surface area contributed by atoms with Gasteiger partial charge < -0.3 is 39.4 Å². The van der Waals surface area contributed by atoms with Gasteiger partial charge in [-0.2, -0.15) is 0 Å². The molecule has 6 atom stereocenters. The molecule has 10 heteroatoms. The van der Waals surface area contributed by atoms with E-state index in [4.69, 9.17) is 18.9 Å². The van der Waals surface area contributed by atoms with Crippen LogP contribution < -0.4 is 0 Å². The number of hydrogen-bond donors (Lipinski definition) is 4. The van der Waals surface area contributed by atoms with Gasteiger partial charge in [0.1, 0.15) is 31.0 Å². The molecule has 1 saturated heterocycles. The monoisotopic (exact) mass is 795 g/mol. The molecule has 1 aliphatic rings. The van der Waals surface area contributed by atoms with Crippen LogP contribution in [0.4, 0.5) is 0 Å². The van der Waals surface area contributed by atoms with Gasteiger partial charge in [-0.1, -0.05) is 166 Å². The van der Waals surface area contributed by atoms with Crippen LogP contribution >= 0.6 is 0 Å². The third kappa shape index (κ3) is 28.3. The number of aliphatic hydroxyl groups is 4. The molecule has 4 N–H and O–H groups in total. The smallest absolute Gasteiger partial charge is 0.306 e. The number of hydrogen-bond acceptors (Lipinski definition) is 10. The predicted molar refractivity (Wildman–Crippen MR) is 224 cm³/mol. The number of carbonyl (C=O) groups is 2. The molecule has 0 aliphatic carbocycles. The Morgan fingerprint density at radius 3 is 1.59 bits per heavy atom. The average molecular weight is 795 g/mol. The van der Waals surface area contributed by atoms with E-state index in [2.05, 4.69) is 50.3 Å². The Labute approximate surface area is 340 Å². The fourth-order valence-corrected chi connectivity index (χ4v) is 6.73. The van der Waals surface area contributed by atoms with Crippen LogP contribution in [-0.4, -0.2) is 89.0 Å². The first-order valence-corrected chi connectivity index (χ1v) is 22.6. The van der Waals surface area contributed by atoms with E-state index in [1.165, 1.54) is 89.9 Å². The van der Waals surface area contributed by atoms with Gasteiger partial charge in [0.05, 0.1) is 13.2 Å². The normalized spacial score (nSPS) is 20.7. The van der Waals surface area contributed by atoms with Gasteiger partial charge in [0.2, 0.25) is 0 Å². The lowest BCUT2D eigenvalue weighted by Crippen LogP contribution is -2.59. The quantitative estimate of drug-likeness (QED) is 0.0272. The zero-order valence-electron chi connectivity index (χ0n) is 35.4. The number of aliphatic hydroxyl groups excluding tert-OH is 4. The van der Waals surface area contributed by atoms with Crippen molar-refractivity contribution in [1.29, 1.82) is 0 Å². The number of carbonyl (C=O) groups excluding carboxylic acids is 2. The molecule has 0 amide bonds. The van der Waals surface area contributed by atoms with Gasteiger partial charge in [-0.3, -0.25) is 9.59 Å². The summed E-state index contributed by atoms with van der Waals surface area (Å²) >= 11 is 0. The highest BCUT2D eigenvalue weighted by atomic mass is 16.7. The standard InChI is InChI=1S/C46H82O10/c1-3-5-7-9-11-13-15-17-19-20-21-23-25-27-29-31-33-35-42(49)55-39(38-54-46-45(52)44(51)43(50)40(36-47)56-46)37-53-41(48)34-32-30-28-26-24-22-18-16-14-12-10-8-6-4-2/h5,7,11,13,17,19,39-40,43-47,50-52H,3-4,6,8-10,12,14-16,18,20-38H2,1-2H3/b7-5-,13-11-,19-17-. The summed E-state index contributed by atoms with van der Waals surface area (Å²) in [6, 6.07) is 0. The predicted octanol–water partition coefficient (Wildman–Crippen LogP) is 9.50. The largest absolute Gasteiger partial charge is 0.462 e. The Morgan fingerprint density at radius 2 is 1.05 bits per heavy atom. The van der Waals surface area contributed by atoms with Gasteiger partial charge in [-0.05, 0) is 44.9 Å². The molecule has 0 aromatic heterocycles. The van der Waals surface area contributed by atoms with E-state index in [1.54, 1.807) is 0 Å². The molecule has 0 spiro atoms. The van der Waals surface area contributed by atoms with E-state index in [1.807, 2.05) is 0 Å². The molecular weight excluding hydrogens is 712 g/mol. The molecule has 1 heterocycles. The van der Waals surface area contributed by atoms with E-state index in [-0.39, 0.29) is 32.0 Å². The van der Waals surface area contributed by atoms with Crippen molar-refractivity contribution < 1.29 is 49.0 Å². The number of ether oxygens (including phenoxy) is 4. The van der Waals surface area contributed by atoms with Crippen LogP contribution in [0.15, 0.2) is 36.5 Å². The van der Waals surface area contributed by atoms with Gasteiger partial charge in [0, 0.05) is 12.8 Å². The van der Waals surface area contributed by atoms with Crippen molar-refractivity contribution in [2.75, 3.05) is 19.8 Å². The van der Waals surface area contributed by atoms with Crippen LogP contribution in [0.5, 0.6) is 0 Å². The molecule has 56 heavy (non-hydrogen) atoms. The van der Waals surface area contributed by atoms with Crippen molar-refractivity contribution in [3.05, 3.63) is 36.5 Å². The summed E-state index contributed by atoms with van der Waals surface area (Å²) in [4.78, 5) is 25.3. The first-order chi connectivity index (χ1) is 27.3. The van der Waals surface area contributed by atoms with Crippen molar-refractivity contribution in [2.45, 2.75) is 224 Å². The topological polar surface area (TPSA) is 152 Å². The third-order valence-corrected chi connectivity index (χ3v) is 10.3. The molecule has 1 fully saturated rings. The minimum absolute atomic E-state index is 0.219.